The molecule has 2 rings (SSSR count). The van der Waals surface area contributed by atoms with Gasteiger partial charge in [-0.1, -0.05) is 31.2 Å². The number of hydrogen-bond acceptors (Lipinski definition) is 4. The van der Waals surface area contributed by atoms with Gasteiger partial charge >= 0.3 is 0 Å². The first kappa shape index (κ1) is 13.2. The summed E-state index contributed by atoms with van der Waals surface area (Å²) in [5, 5.41) is 15.7. The molecule has 0 aliphatic heterocycles. The van der Waals surface area contributed by atoms with Crippen molar-refractivity contribution in [3.63, 3.8) is 0 Å². The number of rotatable bonds is 6. The molecule has 1 aromatic heterocycles. The minimum absolute atomic E-state index is 0.102. The molecule has 1 heterocycles. The Labute approximate surface area is 112 Å². The van der Waals surface area contributed by atoms with Crippen molar-refractivity contribution in [2.45, 2.75) is 32.5 Å². The molecule has 1 atom stereocenters. The molecule has 0 saturated carbocycles. The van der Waals surface area contributed by atoms with E-state index in [4.69, 9.17) is 5.11 Å². The van der Waals surface area contributed by atoms with E-state index in [0.717, 1.165) is 23.5 Å². The molecule has 0 aliphatic carbocycles. The second kappa shape index (κ2) is 6.64. The summed E-state index contributed by atoms with van der Waals surface area (Å²) in [5.74, 6) is 0. The number of hydrogen-bond donors (Lipinski definition) is 2. The van der Waals surface area contributed by atoms with E-state index in [9.17, 15) is 0 Å². The molecule has 3 nitrogen and oxygen atoms in total. The second-order valence-corrected chi connectivity index (χ2v) is 5.11. The first-order chi connectivity index (χ1) is 8.83. The Kier molecular flexibility index (Phi) is 4.87. The predicted octanol–water partition coefficient (Wildman–Crippen LogP) is 2.88. The van der Waals surface area contributed by atoms with Gasteiger partial charge in [0.15, 0.2) is 0 Å². The fourth-order valence-electron chi connectivity index (χ4n) is 1.82. The summed E-state index contributed by atoms with van der Waals surface area (Å²) in [6, 6.07) is 8.34. The fraction of sp³-hybridized carbons (Fsp3) is 0.357. The number of aromatic nitrogens is 1. The molecule has 0 saturated heterocycles. The lowest BCUT2D eigenvalue weighted by atomic mass is 10.1. The standard InChI is InChI=1S/C14H18N2OS/c1-2-13(14-15-7-8-18-14)16-9-11-3-5-12(10-17)6-4-11/h3-8,13,16-17H,2,9-10H2,1H3. The highest BCUT2D eigenvalue weighted by Gasteiger charge is 2.10. The van der Waals surface area contributed by atoms with E-state index in [-0.39, 0.29) is 6.61 Å². The van der Waals surface area contributed by atoms with Crippen LogP contribution < -0.4 is 5.32 Å². The van der Waals surface area contributed by atoms with E-state index < -0.39 is 0 Å². The van der Waals surface area contributed by atoms with Gasteiger partial charge in [0.1, 0.15) is 5.01 Å². The van der Waals surface area contributed by atoms with Gasteiger partial charge < -0.3 is 10.4 Å². The van der Waals surface area contributed by atoms with Crippen molar-refractivity contribution in [3.8, 4) is 0 Å². The van der Waals surface area contributed by atoms with Gasteiger partial charge in [0.25, 0.3) is 0 Å². The van der Waals surface area contributed by atoms with E-state index in [2.05, 4.69) is 17.2 Å². The lowest BCUT2D eigenvalue weighted by Gasteiger charge is -2.14. The molecule has 18 heavy (non-hydrogen) atoms. The van der Waals surface area contributed by atoms with Crippen LogP contribution in [0, 0.1) is 0 Å². The molecule has 4 heteroatoms. The molecule has 2 aromatic rings. The maximum atomic E-state index is 8.99. The van der Waals surface area contributed by atoms with Crippen LogP contribution in [0.2, 0.25) is 0 Å². The van der Waals surface area contributed by atoms with Crippen molar-refractivity contribution < 1.29 is 5.11 Å². The van der Waals surface area contributed by atoms with Crippen LogP contribution in [0.3, 0.4) is 0 Å². The van der Waals surface area contributed by atoms with Gasteiger partial charge in [0, 0.05) is 18.1 Å². The number of benzene rings is 1. The lowest BCUT2D eigenvalue weighted by molar-refractivity contribution is 0.282. The largest absolute Gasteiger partial charge is 0.392 e. The van der Waals surface area contributed by atoms with Crippen LogP contribution in [-0.4, -0.2) is 10.1 Å². The maximum Gasteiger partial charge on any atom is 0.109 e. The lowest BCUT2D eigenvalue weighted by Crippen LogP contribution is -2.20. The van der Waals surface area contributed by atoms with Crippen LogP contribution in [0.1, 0.15) is 35.5 Å². The summed E-state index contributed by atoms with van der Waals surface area (Å²) in [6.07, 6.45) is 2.88. The van der Waals surface area contributed by atoms with Gasteiger partial charge in [0.05, 0.1) is 12.6 Å². The third-order valence-corrected chi connectivity index (χ3v) is 3.81. The Bertz CT molecular complexity index is 453. The van der Waals surface area contributed by atoms with Gasteiger partial charge in [-0.2, -0.15) is 0 Å². The summed E-state index contributed by atoms with van der Waals surface area (Å²) >= 11 is 1.69. The smallest absolute Gasteiger partial charge is 0.109 e. The van der Waals surface area contributed by atoms with Crippen molar-refractivity contribution in [1.29, 1.82) is 0 Å². The van der Waals surface area contributed by atoms with Crippen molar-refractivity contribution in [2.75, 3.05) is 0 Å². The van der Waals surface area contributed by atoms with Crippen LogP contribution in [0.15, 0.2) is 35.8 Å². The van der Waals surface area contributed by atoms with Crippen molar-refractivity contribution >= 4 is 11.3 Å². The van der Waals surface area contributed by atoms with Crippen LogP contribution in [0.4, 0.5) is 0 Å². The van der Waals surface area contributed by atoms with Gasteiger partial charge in [-0.05, 0) is 17.5 Å². The minimum Gasteiger partial charge on any atom is -0.392 e. The summed E-state index contributed by atoms with van der Waals surface area (Å²) in [6.45, 7) is 3.09. The van der Waals surface area contributed by atoms with Crippen LogP contribution in [0.5, 0.6) is 0 Å². The Morgan fingerprint density at radius 3 is 2.56 bits per heavy atom. The topological polar surface area (TPSA) is 45.1 Å². The SMILES string of the molecule is CCC(NCc1ccc(CO)cc1)c1nccs1. The molecule has 0 amide bonds. The van der Waals surface area contributed by atoms with Crippen molar-refractivity contribution in [2.24, 2.45) is 0 Å². The Balaban J connectivity index is 1.93. The first-order valence-corrected chi connectivity index (χ1v) is 7.03. The summed E-state index contributed by atoms with van der Waals surface area (Å²) in [7, 11) is 0. The normalized spacial score (nSPS) is 12.6. The molecule has 0 radical (unpaired) electrons. The summed E-state index contributed by atoms with van der Waals surface area (Å²) < 4.78 is 0. The third kappa shape index (κ3) is 3.38. The minimum atomic E-state index is 0.102. The monoisotopic (exact) mass is 262 g/mol. The molecular formula is C14H18N2OS. The zero-order valence-electron chi connectivity index (χ0n) is 10.5. The average Bonchev–Trinajstić information content (AvgIpc) is 2.94. The first-order valence-electron chi connectivity index (χ1n) is 6.15. The number of nitrogens with zero attached hydrogens (tertiary/aromatic N) is 1. The van der Waals surface area contributed by atoms with Crippen molar-refractivity contribution in [1.82, 2.24) is 10.3 Å². The molecule has 2 N–H and O–H groups in total. The number of aliphatic hydroxyl groups excluding tert-OH is 1. The van der Waals surface area contributed by atoms with Gasteiger partial charge in [-0.3, -0.25) is 0 Å². The second-order valence-electron chi connectivity index (χ2n) is 4.19. The Hall–Kier alpha value is -1.23. The molecule has 0 aliphatic rings. The zero-order chi connectivity index (χ0) is 12.8. The van der Waals surface area contributed by atoms with E-state index in [1.54, 1.807) is 11.3 Å². The molecule has 1 unspecified atom stereocenters. The Morgan fingerprint density at radius 2 is 2.00 bits per heavy atom. The van der Waals surface area contributed by atoms with Crippen LogP contribution >= 0.6 is 11.3 Å². The molecule has 0 bridgehead atoms. The summed E-state index contributed by atoms with van der Waals surface area (Å²) in [4.78, 5) is 4.35. The zero-order valence-corrected chi connectivity index (χ0v) is 11.3. The third-order valence-electron chi connectivity index (χ3n) is 2.92. The van der Waals surface area contributed by atoms with Gasteiger partial charge in [0.2, 0.25) is 0 Å². The predicted molar refractivity (Wildman–Crippen MR) is 74.4 cm³/mol. The van der Waals surface area contributed by atoms with E-state index in [0.29, 0.717) is 6.04 Å². The van der Waals surface area contributed by atoms with Crippen molar-refractivity contribution in [3.05, 3.63) is 52.0 Å². The summed E-state index contributed by atoms with van der Waals surface area (Å²) in [5.41, 5.74) is 2.17. The quantitative estimate of drug-likeness (QED) is 0.841. The van der Waals surface area contributed by atoms with Crippen LogP contribution in [0.25, 0.3) is 0 Å². The highest BCUT2D eigenvalue weighted by atomic mass is 32.1. The van der Waals surface area contributed by atoms with E-state index in [1.165, 1.54) is 5.56 Å². The number of nitrogens with one attached hydrogen (secondary N) is 1. The van der Waals surface area contributed by atoms with E-state index in [1.807, 2.05) is 35.8 Å². The molecule has 0 fully saturated rings. The van der Waals surface area contributed by atoms with E-state index >= 15 is 0 Å². The molecule has 0 spiro atoms. The van der Waals surface area contributed by atoms with Gasteiger partial charge in [-0.15, -0.1) is 11.3 Å². The molecular weight excluding hydrogens is 244 g/mol. The highest BCUT2D eigenvalue weighted by Crippen LogP contribution is 2.19. The highest BCUT2D eigenvalue weighted by molar-refractivity contribution is 7.09. The van der Waals surface area contributed by atoms with Crippen LogP contribution in [-0.2, 0) is 13.2 Å². The maximum absolute atomic E-state index is 8.99. The fourth-order valence-corrected chi connectivity index (χ4v) is 2.61. The average molecular weight is 262 g/mol. The Morgan fingerprint density at radius 1 is 1.28 bits per heavy atom. The molecule has 1 aromatic carbocycles. The molecule has 96 valence electrons. The number of aliphatic hydroxyl groups is 1. The van der Waals surface area contributed by atoms with Gasteiger partial charge in [-0.25, -0.2) is 4.98 Å². The number of thiazole rings is 1.